The van der Waals surface area contributed by atoms with E-state index in [9.17, 15) is 4.79 Å². The number of fused-ring (bicyclic) bond motifs is 1. The van der Waals surface area contributed by atoms with Crippen LogP contribution in [0, 0.1) is 0 Å². The standard InChI is InChI=1S/C17H19N3O3S/c1-19(12-4-5-14(22-2)15(10-12)23-3)7-8-20-11-18-13-6-9-24-16(13)17(20)21/h4-6,9-11H,7-8H2,1-3H3. The Kier molecular flexibility index (Phi) is 4.71. The molecule has 2 aromatic heterocycles. The van der Waals surface area contributed by atoms with Gasteiger partial charge in [0.2, 0.25) is 0 Å². The van der Waals surface area contributed by atoms with Gasteiger partial charge in [0.25, 0.3) is 5.56 Å². The second-order valence-corrected chi connectivity index (χ2v) is 6.26. The highest BCUT2D eigenvalue weighted by Crippen LogP contribution is 2.31. The molecule has 6 nitrogen and oxygen atoms in total. The Morgan fingerprint density at radius 3 is 2.75 bits per heavy atom. The third-order valence-corrected chi connectivity index (χ3v) is 4.81. The van der Waals surface area contributed by atoms with Crippen LogP contribution in [0.15, 0.2) is 40.8 Å². The van der Waals surface area contributed by atoms with E-state index in [0.29, 0.717) is 29.3 Å². The van der Waals surface area contributed by atoms with Crippen LogP contribution in [0.2, 0.25) is 0 Å². The van der Waals surface area contributed by atoms with Crippen LogP contribution in [0.25, 0.3) is 10.2 Å². The first-order chi connectivity index (χ1) is 11.6. The van der Waals surface area contributed by atoms with E-state index in [1.807, 2.05) is 36.7 Å². The molecule has 0 atom stereocenters. The fourth-order valence-corrected chi connectivity index (χ4v) is 3.28. The van der Waals surface area contributed by atoms with Crippen molar-refractivity contribution in [2.45, 2.75) is 6.54 Å². The van der Waals surface area contributed by atoms with Crippen molar-refractivity contribution in [1.82, 2.24) is 9.55 Å². The molecule has 3 aromatic rings. The highest BCUT2D eigenvalue weighted by Gasteiger charge is 2.09. The quantitative estimate of drug-likeness (QED) is 0.687. The summed E-state index contributed by atoms with van der Waals surface area (Å²) in [6, 6.07) is 7.62. The van der Waals surface area contributed by atoms with Crippen molar-refractivity contribution in [3.8, 4) is 11.5 Å². The molecule has 0 radical (unpaired) electrons. The molecular formula is C17H19N3O3S. The fraction of sp³-hybridized carbons (Fsp3) is 0.294. The maximum atomic E-state index is 12.4. The van der Waals surface area contributed by atoms with Gasteiger partial charge in [-0.05, 0) is 23.6 Å². The van der Waals surface area contributed by atoms with Crippen LogP contribution < -0.4 is 19.9 Å². The van der Waals surface area contributed by atoms with E-state index >= 15 is 0 Å². The van der Waals surface area contributed by atoms with Crippen LogP contribution in [0.4, 0.5) is 5.69 Å². The van der Waals surface area contributed by atoms with Crippen LogP contribution >= 0.6 is 11.3 Å². The summed E-state index contributed by atoms with van der Waals surface area (Å²) in [6.07, 6.45) is 1.61. The van der Waals surface area contributed by atoms with Gasteiger partial charge in [-0.25, -0.2) is 4.98 Å². The first-order valence-electron chi connectivity index (χ1n) is 7.50. The van der Waals surface area contributed by atoms with E-state index in [1.165, 1.54) is 11.3 Å². The highest BCUT2D eigenvalue weighted by atomic mass is 32.1. The summed E-state index contributed by atoms with van der Waals surface area (Å²) in [5.74, 6) is 1.37. The lowest BCUT2D eigenvalue weighted by atomic mass is 10.2. The van der Waals surface area contributed by atoms with Crippen LogP contribution in [0.1, 0.15) is 0 Å². The fourth-order valence-electron chi connectivity index (χ4n) is 2.49. The number of methoxy groups -OCH3 is 2. The van der Waals surface area contributed by atoms with Crippen molar-refractivity contribution in [3.05, 3.63) is 46.3 Å². The van der Waals surface area contributed by atoms with Crippen molar-refractivity contribution >= 4 is 27.2 Å². The van der Waals surface area contributed by atoms with Gasteiger partial charge in [0, 0.05) is 31.9 Å². The summed E-state index contributed by atoms with van der Waals surface area (Å²) in [6.45, 7) is 1.23. The Morgan fingerprint density at radius 1 is 1.21 bits per heavy atom. The maximum Gasteiger partial charge on any atom is 0.271 e. The van der Waals surface area contributed by atoms with Crippen LogP contribution in [0.5, 0.6) is 11.5 Å². The largest absolute Gasteiger partial charge is 0.493 e. The Hall–Kier alpha value is -2.54. The second-order valence-electron chi connectivity index (χ2n) is 5.34. The Balaban J connectivity index is 1.76. The lowest BCUT2D eigenvalue weighted by molar-refractivity contribution is 0.355. The average Bonchev–Trinajstić information content (AvgIpc) is 3.09. The van der Waals surface area contributed by atoms with Crippen molar-refractivity contribution < 1.29 is 9.47 Å². The smallest absolute Gasteiger partial charge is 0.271 e. The molecule has 0 saturated carbocycles. The van der Waals surface area contributed by atoms with Gasteiger partial charge in [-0.2, -0.15) is 0 Å². The predicted molar refractivity (Wildman–Crippen MR) is 96.7 cm³/mol. The lowest BCUT2D eigenvalue weighted by Crippen LogP contribution is -2.28. The minimum atomic E-state index is 0.00992. The zero-order chi connectivity index (χ0) is 17.1. The molecule has 24 heavy (non-hydrogen) atoms. The van der Waals surface area contributed by atoms with Crippen molar-refractivity contribution in [2.24, 2.45) is 0 Å². The van der Waals surface area contributed by atoms with E-state index < -0.39 is 0 Å². The topological polar surface area (TPSA) is 56.6 Å². The first kappa shape index (κ1) is 16.3. The number of hydrogen-bond donors (Lipinski definition) is 0. The number of aromatic nitrogens is 2. The summed E-state index contributed by atoms with van der Waals surface area (Å²) in [5, 5.41) is 1.89. The molecule has 1 aromatic carbocycles. The molecule has 2 heterocycles. The number of rotatable bonds is 6. The lowest BCUT2D eigenvalue weighted by Gasteiger charge is -2.21. The summed E-state index contributed by atoms with van der Waals surface area (Å²) < 4.78 is 12.9. The maximum absolute atomic E-state index is 12.4. The Labute approximate surface area is 143 Å². The summed E-state index contributed by atoms with van der Waals surface area (Å²) in [5.41, 5.74) is 1.76. The molecule has 0 unspecified atom stereocenters. The van der Waals surface area contributed by atoms with Gasteiger partial charge < -0.3 is 14.4 Å². The van der Waals surface area contributed by atoms with E-state index in [-0.39, 0.29) is 5.56 Å². The number of likely N-dealkylation sites (N-methyl/N-ethyl adjacent to an activating group) is 1. The van der Waals surface area contributed by atoms with Gasteiger partial charge in [-0.15, -0.1) is 11.3 Å². The molecule has 7 heteroatoms. The first-order valence-corrected chi connectivity index (χ1v) is 8.38. The molecule has 0 N–H and O–H groups in total. The number of benzene rings is 1. The normalized spacial score (nSPS) is 10.8. The predicted octanol–water partition coefficient (Wildman–Crippen LogP) is 2.61. The van der Waals surface area contributed by atoms with Crippen molar-refractivity contribution in [2.75, 3.05) is 32.7 Å². The minimum Gasteiger partial charge on any atom is -0.493 e. The Morgan fingerprint density at radius 2 is 2.00 bits per heavy atom. The average molecular weight is 345 g/mol. The minimum absolute atomic E-state index is 0.00992. The molecule has 0 bridgehead atoms. The second kappa shape index (κ2) is 6.92. The third-order valence-electron chi connectivity index (χ3n) is 3.92. The van der Waals surface area contributed by atoms with E-state index in [1.54, 1.807) is 25.1 Å². The summed E-state index contributed by atoms with van der Waals surface area (Å²) >= 11 is 1.43. The summed E-state index contributed by atoms with van der Waals surface area (Å²) in [7, 11) is 5.20. The number of thiophene rings is 1. The Bertz CT molecular complexity index is 903. The summed E-state index contributed by atoms with van der Waals surface area (Å²) in [4.78, 5) is 18.8. The van der Waals surface area contributed by atoms with Crippen LogP contribution in [-0.2, 0) is 6.54 Å². The number of ether oxygens (including phenoxy) is 2. The molecule has 3 rings (SSSR count). The molecule has 0 fully saturated rings. The molecule has 0 aliphatic carbocycles. The van der Waals surface area contributed by atoms with E-state index in [2.05, 4.69) is 9.88 Å². The van der Waals surface area contributed by atoms with Crippen LogP contribution in [0.3, 0.4) is 0 Å². The zero-order valence-electron chi connectivity index (χ0n) is 13.9. The molecule has 0 saturated heterocycles. The van der Waals surface area contributed by atoms with Gasteiger partial charge in [-0.1, -0.05) is 0 Å². The monoisotopic (exact) mass is 345 g/mol. The SMILES string of the molecule is COc1ccc(N(C)CCn2cnc3ccsc3c2=O)cc1OC. The highest BCUT2D eigenvalue weighted by molar-refractivity contribution is 7.17. The van der Waals surface area contributed by atoms with Gasteiger partial charge in [0.1, 0.15) is 4.70 Å². The van der Waals surface area contributed by atoms with Gasteiger partial charge >= 0.3 is 0 Å². The van der Waals surface area contributed by atoms with E-state index in [0.717, 1.165) is 11.2 Å². The molecular weight excluding hydrogens is 326 g/mol. The number of hydrogen-bond acceptors (Lipinski definition) is 6. The van der Waals surface area contributed by atoms with Gasteiger partial charge in [-0.3, -0.25) is 9.36 Å². The molecule has 0 aliphatic heterocycles. The zero-order valence-corrected chi connectivity index (χ0v) is 14.7. The molecule has 0 amide bonds. The van der Waals surface area contributed by atoms with Gasteiger partial charge in [0.15, 0.2) is 11.5 Å². The van der Waals surface area contributed by atoms with Crippen molar-refractivity contribution in [1.29, 1.82) is 0 Å². The molecule has 126 valence electrons. The third kappa shape index (κ3) is 3.07. The molecule has 0 spiro atoms. The molecule has 0 aliphatic rings. The van der Waals surface area contributed by atoms with Gasteiger partial charge in [0.05, 0.1) is 26.1 Å². The number of anilines is 1. The van der Waals surface area contributed by atoms with Crippen LogP contribution in [-0.4, -0.2) is 37.4 Å². The number of nitrogens with zero attached hydrogens (tertiary/aromatic N) is 3. The van der Waals surface area contributed by atoms with E-state index in [4.69, 9.17) is 9.47 Å². The van der Waals surface area contributed by atoms with Crippen molar-refractivity contribution in [3.63, 3.8) is 0 Å².